The number of hydrogen-bond donors (Lipinski definition) is 3. The van der Waals surface area contributed by atoms with E-state index in [1.54, 1.807) is 13.0 Å². The molecule has 12 nitrogen and oxygen atoms in total. The van der Waals surface area contributed by atoms with Crippen LogP contribution in [0.3, 0.4) is 0 Å². The maximum atomic E-state index is 13.7. The van der Waals surface area contributed by atoms with Crippen molar-refractivity contribution in [3.8, 4) is 23.0 Å². The van der Waals surface area contributed by atoms with Gasteiger partial charge in [0, 0.05) is 12.5 Å². The topological polar surface area (TPSA) is 187 Å². The zero-order valence-electron chi connectivity index (χ0n) is 19.7. The van der Waals surface area contributed by atoms with Crippen molar-refractivity contribution in [3.63, 3.8) is 0 Å². The Bertz CT molecular complexity index is 1790. The lowest BCUT2D eigenvalue weighted by atomic mass is 9.81. The van der Waals surface area contributed by atoms with Gasteiger partial charge in [0.25, 0.3) is 5.78 Å². The second-order valence-corrected chi connectivity index (χ2v) is 9.00. The number of Topliss-reactive ketones (excluding diaryl/α,β-unsaturated/α-hetero) is 2. The van der Waals surface area contributed by atoms with E-state index >= 15 is 0 Å². The molecule has 1 aliphatic carbocycles. The van der Waals surface area contributed by atoms with Crippen molar-refractivity contribution in [1.82, 2.24) is 0 Å². The number of esters is 1. The third kappa shape index (κ3) is 2.82. The summed E-state index contributed by atoms with van der Waals surface area (Å²) in [6, 6.07) is 3.10. The van der Waals surface area contributed by atoms with Gasteiger partial charge >= 0.3 is 17.4 Å². The number of phenolic OH excluding ortho intramolecular Hbond substituents is 3. The van der Waals surface area contributed by atoms with E-state index in [-0.39, 0.29) is 24.0 Å². The SMILES string of the molecule is COC1=CC(=O)c2c(O)c3c(c(O)c2C1=O)C(=O)O[C@@]1(CCc2cc4cc(C)oc(=O)c4c(O)c2O1)C3=O. The normalized spacial score (nSPS) is 19.9. The molecule has 1 atom stereocenters. The number of allylic oxidation sites excluding steroid dienone is 2. The van der Waals surface area contributed by atoms with Gasteiger partial charge < -0.3 is 33.9 Å². The molecular weight excluding hydrogens is 504 g/mol. The van der Waals surface area contributed by atoms with Crippen molar-refractivity contribution in [3.05, 3.63) is 68.0 Å². The number of ketones is 3. The maximum absolute atomic E-state index is 13.7. The number of fused-ring (bicyclic) bond motifs is 4. The minimum Gasteiger partial charge on any atom is -0.506 e. The molecule has 2 aliphatic heterocycles. The van der Waals surface area contributed by atoms with E-state index in [0.717, 1.165) is 13.2 Å². The van der Waals surface area contributed by atoms with Crippen LogP contribution in [0.25, 0.3) is 10.8 Å². The molecule has 0 unspecified atom stereocenters. The van der Waals surface area contributed by atoms with Gasteiger partial charge in [-0.2, -0.15) is 0 Å². The molecule has 0 radical (unpaired) electrons. The zero-order valence-corrected chi connectivity index (χ0v) is 19.7. The number of benzene rings is 2. The van der Waals surface area contributed by atoms with E-state index in [4.69, 9.17) is 18.6 Å². The summed E-state index contributed by atoms with van der Waals surface area (Å²) in [6.45, 7) is 1.56. The first-order valence-electron chi connectivity index (χ1n) is 11.2. The third-order valence-electron chi connectivity index (χ3n) is 6.83. The summed E-state index contributed by atoms with van der Waals surface area (Å²) in [5.41, 5.74) is -3.48. The van der Waals surface area contributed by atoms with Crippen LogP contribution in [0.5, 0.6) is 23.0 Å². The van der Waals surface area contributed by atoms with Crippen LogP contribution in [-0.4, -0.2) is 51.5 Å². The number of rotatable bonds is 1. The summed E-state index contributed by atoms with van der Waals surface area (Å²) in [5.74, 6) is -10.00. The minimum atomic E-state index is -2.42. The third-order valence-corrected chi connectivity index (χ3v) is 6.83. The van der Waals surface area contributed by atoms with Gasteiger partial charge in [0.2, 0.25) is 5.78 Å². The molecule has 1 spiro atoms. The summed E-state index contributed by atoms with van der Waals surface area (Å²) in [5, 5.41) is 32.8. The van der Waals surface area contributed by atoms with Crippen LogP contribution >= 0.6 is 0 Å². The van der Waals surface area contributed by atoms with Crippen molar-refractivity contribution in [2.45, 2.75) is 25.6 Å². The lowest BCUT2D eigenvalue weighted by Crippen LogP contribution is -2.54. The minimum absolute atomic E-state index is 0.0293. The Balaban J connectivity index is 1.54. The second kappa shape index (κ2) is 7.44. The molecule has 0 amide bonds. The Hall–Kier alpha value is -5.13. The van der Waals surface area contributed by atoms with Crippen LogP contribution in [0, 0.1) is 6.92 Å². The van der Waals surface area contributed by atoms with Gasteiger partial charge in [-0.05, 0) is 36.4 Å². The standard InChI is InChI=1S/C26H16O12/c1-8-5-10-6-9-3-4-26(37-22(9)21(31)13(10)24(33)36-8)23(32)16-17(25(34)38-26)20(30)15-14(19(16)29)11(27)7-12(35-2)18(15)28/h5-7,29-31H,3-4H2,1-2H3/t26-/m0/s1. The number of ether oxygens (including phenoxy) is 3. The molecule has 3 aliphatic rings. The molecule has 6 rings (SSSR count). The fraction of sp³-hybridized carbons (Fsp3) is 0.192. The largest absolute Gasteiger partial charge is 0.506 e. The molecule has 0 saturated heterocycles. The first-order valence-corrected chi connectivity index (χ1v) is 11.2. The van der Waals surface area contributed by atoms with Gasteiger partial charge in [-0.25, -0.2) is 9.59 Å². The summed E-state index contributed by atoms with van der Waals surface area (Å²) in [4.78, 5) is 64.7. The van der Waals surface area contributed by atoms with E-state index in [9.17, 15) is 39.3 Å². The first kappa shape index (κ1) is 23.3. The fourth-order valence-corrected chi connectivity index (χ4v) is 5.12. The summed E-state index contributed by atoms with van der Waals surface area (Å²) < 4.78 is 21.0. The number of aryl methyl sites for hydroxylation is 2. The quantitative estimate of drug-likeness (QED) is 0.314. The number of hydrogen-bond acceptors (Lipinski definition) is 12. The molecule has 3 N–H and O–H groups in total. The van der Waals surface area contributed by atoms with Crippen molar-refractivity contribution in [2.24, 2.45) is 0 Å². The van der Waals surface area contributed by atoms with Gasteiger partial charge in [0.05, 0.1) is 23.8 Å². The van der Waals surface area contributed by atoms with E-state index in [0.29, 0.717) is 16.7 Å². The zero-order chi connectivity index (χ0) is 27.3. The molecule has 1 aromatic heterocycles. The van der Waals surface area contributed by atoms with Gasteiger partial charge in [-0.1, -0.05) is 0 Å². The molecule has 0 saturated carbocycles. The molecule has 3 heterocycles. The Morgan fingerprint density at radius 3 is 2.32 bits per heavy atom. The van der Waals surface area contributed by atoms with Crippen LogP contribution in [0.2, 0.25) is 0 Å². The highest BCUT2D eigenvalue weighted by molar-refractivity contribution is 6.29. The molecule has 3 aromatic rings. The second-order valence-electron chi connectivity index (χ2n) is 9.00. The van der Waals surface area contributed by atoms with Crippen molar-refractivity contribution in [1.29, 1.82) is 0 Å². The molecule has 2 aromatic carbocycles. The molecule has 0 fully saturated rings. The summed E-state index contributed by atoms with van der Waals surface area (Å²) >= 11 is 0. The molecule has 12 heteroatoms. The van der Waals surface area contributed by atoms with Crippen LogP contribution in [0.1, 0.15) is 59.2 Å². The Morgan fingerprint density at radius 1 is 0.895 bits per heavy atom. The van der Waals surface area contributed by atoms with Crippen molar-refractivity contribution >= 4 is 34.1 Å². The van der Waals surface area contributed by atoms with Crippen LogP contribution in [-0.2, 0) is 15.9 Å². The summed E-state index contributed by atoms with van der Waals surface area (Å²) in [6.07, 6.45) is 0.538. The Morgan fingerprint density at radius 2 is 1.61 bits per heavy atom. The summed E-state index contributed by atoms with van der Waals surface area (Å²) in [7, 11) is 1.11. The maximum Gasteiger partial charge on any atom is 0.347 e. The van der Waals surface area contributed by atoms with Gasteiger partial charge in [0.1, 0.15) is 28.2 Å². The first-order chi connectivity index (χ1) is 18.0. The number of carbonyl (C=O) groups excluding carboxylic acids is 4. The number of methoxy groups -OCH3 is 1. The Kier molecular flexibility index (Phi) is 4.56. The monoisotopic (exact) mass is 520 g/mol. The average molecular weight is 520 g/mol. The van der Waals surface area contributed by atoms with Crippen molar-refractivity contribution < 1.29 is 53.1 Å². The van der Waals surface area contributed by atoms with Crippen LogP contribution < -0.4 is 10.4 Å². The average Bonchev–Trinajstić information content (AvgIpc) is 2.86. The highest BCUT2D eigenvalue weighted by Gasteiger charge is 2.56. The molecular formula is C26H16O12. The molecule has 192 valence electrons. The number of aromatic hydroxyl groups is 3. The van der Waals surface area contributed by atoms with Gasteiger partial charge in [0.15, 0.2) is 23.0 Å². The number of phenols is 3. The van der Waals surface area contributed by atoms with E-state index < -0.39 is 80.0 Å². The molecule has 0 bridgehead atoms. The van der Waals surface area contributed by atoms with E-state index in [1.165, 1.54) is 6.07 Å². The van der Waals surface area contributed by atoms with Crippen molar-refractivity contribution in [2.75, 3.05) is 7.11 Å². The lowest BCUT2D eigenvalue weighted by molar-refractivity contribution is -0.126. The number of carbonyl (C=O) groups is 4. The fourth-order valence-electron chi connectivity index (χ4n) is 5.12. The van der Waals surface area contributed by atoms with E-state index in [2.05, 4.69) is 0 Å². The lowest BCUT2D eigenvalue weighted by Gasteiger charge is -2.39. The highest BCUT2D eigenvalue weighted by atomic mass is 16.7. The predicted molar refractivity (Wildman–Crippen MR) is 124 cm³/mol. The van der Waals surface area contributed by atoms with Crippen LogP contribution in [0.15, 0.2) is 33.2 Å². The van der Waals surface area contributed by atoms with Gasteiger partial charge in [-0.3, -0.25) is 14.4 Å². The van der Waals surface area contributed by atoms with E-state index in [1.807, 2.05) is 0 Å². The predicted octanol–water partition coefficient (Wildman–Crippen LogP) is 2.20. The smallest absolute Gasteiger partial charge is 0.347 e. The van der Waals surface area contributed by atoms with Crippen LogP contribution in [0.4, 0.5) is 0 Å². The highest BCUT2D eigenvalue weighted by Crippen LogP contribution is 2.50. The molecule has 38 heavy (non-hydrogen) atoms. The Labute approximate surface area is 211 Å². The van der Waals surface area contributed by atoms with Gasteiger partial charge in [-0.15, -0.1) is 0 Å².